The van der Waals surface area contributed by atoms with Crippen molar-refractivity contribution in [3.05, 3.63) is 23.8 Å². The molecular weight excluding hydrogens is 202 g/mol. The van der Waals surface area contributed by atoms with E-state index in [0.717, 1.165) is 36.4 Å². The number of carbonyl (C=O) groups is 1. The Balaban J connectivity index is 2.09. The normalized spacial score (nSPS) is 14.1. The van der Waals surface area contributed by atoms with E-state index in [2.05, 4.69) is 6.92 Å². The molecule has 86 valence electrons. The Morgan fingerprint density at radius 1 is 1.44 bits per heavy atom. The number of unbranched alkanes of at least 4 members (excludes halogenated alkanes) is 1. The minimum absolute atomic E-state index is 0.153. The summed E-state index contributed by atoms with van der Waals surface area (Å²) in [6, 6.07) is 5.87. The van der Waals surface area contributed by atoms with Gasteiger partial charge in [0.1, 0.15) is 5.75 Å². The van der Waals surface area contributed by atoms with Gasteiger partial charge in [-0.3, -0.25) is 4.79 Å². The maximum atomic E-state index is 11.5. The number of nitrogens with zero attached hydrogens (tertiary/aromatic N) is 1. The van der Waals surface area contributed by atoms with E-state index < -0.39 is 0 Å². The number of fused-ring (bicyclic) bond motifs is 1. The van der Waals surface area contributed by atoms with E-state index in [1.165, 1.54) is 0 Å². The Labute approximate surface area is 96.0 Å². The first kappa shape index (κ1) is 11.0. The Morgan fingerprint density at radius 2 is 2.25 bits per heavy atom. The van der Waals surface area contributed by atoms with Crippen molar-refractivity contribution in [2.24, 2.45) is 0 Å². The van der Waals surface area contributed by atoms with Crippen molar-refractivity contribution >= 4 is 11.6 Å². The third-order valence-electron chi connectivity index (χ3n) is 2.89. The number of hydrogen-bond acceptors (Lipinski definition) is 2. The lowest BCUT2D eigenvalue weighted by Gasteiger charge is -2.11. The zero-order valence-corrected chi connectivity index (χ0v) is 9.82. The Hall–Kier alpha value is -1.51. The number of rotatable bonds is 4. The highest BCUT2D eigenvalue weighted by atomic mass is 16.5. The number of benzene rings is 1. The molecule has 0 bridgehead atoms. The fraction of sp³-hybridized carbons (Fsp3) is 0.462. The van der Waals surface area contributed by atoms with Crippen LogP contribution in [0.5, 0.6) is 5.75 Å². The second-order valence-corrected chi connectivity index (χ2v) is 4.12. The SMILES string of the molecule is CCCCOc1ccc2c(c1)CC(=O)N2C. The average molecular weight is 219 g/mol. The van der Waals surface area contributed by atoms with Crippen LogP contribution in [0, 0.1) is 0 Å². The highest BCUT2D eigenvalue weighted by Crippen LogP contribution is 2.30. The van der Waals surface area contributed by atoms with Crippen LogP contribution >= 0.6 is 0 Å². The minimum Gasteiger partial charge on any atom is -0.494 e. The van der Waals surface area contributed by atoms with E-state index in [1.54, 1.807) is 4.90 Å². The van der Waals surface area contributed by atoms with Crippen molar-refractivity contribution in [2.45, 2.75) is 26.2 Å². The molecular formula is C13H17NO2. The second kappa shape index (κ2) is 4.56. The summed E-state index contributed by atoms with van der Waals surface area (Å²) in [5, 5.41) is 0. The molecule has 3 heteroatoms. The molecule has 0 atom stereocenters. The molecule has 0 saturated carbocycles. The zero-order chi connectivity index (χ0) is 11.5. The van der Waals surface area contributed by atoms with Crippen molar-refractivity contribution < 1.29 is 9.53 Å². The summed E-state index contributed by atoms with van der Waals surface area (Å²) in [6.07, 6.45) is 2.69. The largest absolute Gasteiger partial charge is 0.494 e. The molecule has 1 aliphatic heterocycles. The predicted molar refractivity (Wildman–Crippen MR) is 64.0 cm³/mol. The highest BCUT2D eigenvalue weighted by Gasteiger charge is 2.23. The van der Waals surface area contributed by atoms with Gasteiger partial charge >= 0.3 is 0 Å². The van der Waals surface area contributed by atoms with E-state index >= 15 is 0 Å². The molecule has 0 N–H and O–H groups in total. The summed E-state index contributed by atoms with van der Waals surface area (Å²) in [6.45, 7) is 2.89. The Morgan fingerprint density at radius 3 is 3.00 bits per heavy atom. The van der Waals surface area contributed by atoms with Crippen LogP contribution in [0.25, 0.3) is 0 Å². The first-order valence-electron chi connectivity index (χ1n) is 5.74. The van der Waals surface area contributed by atoms with Gasteiger partial charge in [0.05, 0.1) is 13.0 Å². The molecule has 0 unspecified atom stereocenters. The molecule has 1 aliphatic rings. The van der Waals surface area contributed by atoms with E-state index in [1.807, 2.05) is 25.2 Å². The van der Waals surface area contributed by atoms with Crippen LogP contribution in [-0.4, -0.2) is 19.6 Å². The van der Waals surface area contributed by atoms with Crippen molar-refractivity contribution in [1.82, 2.24) is 0 Å². The molecule has 0 fully saturated rings. The number of ether oxygens (including phenoxy) is 1. The third-order valence-corrected chi connectivity index (χ3v) is 2.89. The summed E-state index contributed by atoms with van der Waals surface area (Å²) < 4.78 is 5.61. The van der Waals surface area contributed by atoms with Gasteiger partial charge in [-0.05, 0) is 30.2 Å². The smallest absolute Gasteiger partial charge is 0.231 e. The number of likely N-dealkylation sites (N-methyl/N-ethyl adjacent to an activating group) is 1. The fourth-order valence-corrected chi connectivity index (χ4v) is 1.87. The summed E-state index contributed by atoms with van der Waals surface area (Å²) in [7, 11) is 1.81. The van der Waals surface area contributed by atoms with Crippen LogP contribution in [-0.2, 0) is 11.2 Å². The minimum atomic E-state index is 0.153. The number of carbonyl (C=O) groups excluding carboxylic acids is 1. The number of amides is 1. The predicted octanol–water partition coefficient (Wildman–Crippen LogP) is 2.38. The van der Waals surface area contributed by atoms with Crippen LogP contribution in [0.15, 0.2) is 18.2 Å². The monoisotopic (exact) mass is 219 g/mol. The lowest BCUT2D eigenvalue weighted by molar-refractivity contribution is -0.117. The van der Waals surface area contributed by atoms with Gasteiger partial charge in [-0.15, -0.1) is 0 Å². The summed E-state index contributed by atoms with van der Waals surface area (Å²) >= 11 is 0. The maximum Gasteiger partial charge on any atom is 0.231 e. The van der Waals surface area contributed by atoms with Gasteiger partial charge in [-0.2, -0.15) is 0 Å². The van der Waals surface area contributed by atoms with E-state index in [9.17, 15) is 4.79 Å². The molecule has 3 nitrogen and oxygen atoms in total. The summed E-state index contributed by atoms with van der Waals surface area (Å²) in [5.41, 5.74) is 2.08. The van der Waals surface area contributed by atoms with Crippen LogP contribution in [0.4, 0.5) is 5.69 Å². The first-order chi connectivity index (χ1) is 7.72. The van der Waals surface area contributed by atoms with Gasteiger partial charge in [0.2, 0.25) is 5.91 Å². The molecule has 0 aliphatic carbocycles. The molecule has 1 aromatic rings. The molecule has 0 saturated heterocycles. The summed E-state index contributed by atoms with van der Waals surface area (Å²) in [4.78, 5) is 13.2. The molecule has 1 heterocycles. The van der Waals surface area contributed by atoms with Crippen molar-refractivity contribution in [3.8, 4) is 5.75 Å². The molecule has 0 spiro atoms. The topological polar surface area (TPSA) is 29.5 Å². The van der Waals surface area contributed by atoms with Gasteiger partial charge < -0.3 is 9.64 Å². The van der Waals surface area contributed by atoms with Crippen LogP contribution in [0.3, 0.4) is 0 Å². The molecule has 1 amide bonds. The van der Waals surface area contributed by atoms with Crippen molar-refractivity contribution in [1.29, 1.82) is 0 Å². The zero-order valence-electron chi connectivity index (χ0n) is 9.82. The van der Waals surface area contributed by atoms with E-state index in [-0.39, 0.29) is 5.91 Å². The van der Waals surface area contributed by atoms with Gasteiger partial charge in [0.15, 0.2) is 0 Å². The van der Waals surface area contributed by atoms with Gasteiger partial charge in [0, 0.05) is 12.7 Å². The Bertz CT molecular complexity index is 401. The lowest BCUT2D eigenvalue weighted by Crippen LogP contribution is -2.20. The van der Waals surface area contributed by atoms with Crippen LogP contribution in [0.2, 0.25) is 0 Å². The van der Waals surface area contributed by atoms with E-state index in [0.29, 0.717) is 6.42 Å². The lowest BCUT2D eigenvalue weighted by atomic mass is 10.1. The van der Waals surface area contributed by atoms with Gasteiger partial charge in [0.25, 0.3) is 0 Å². The number of anilines is 1. The molecule has 0 radical (unpaired) electrons. The van der Waals surface area contributed by atoms with Gasteiger partial charge in [-0.1, -0.05) is 13.3 Å². The van der Waals surface area contributed by atoms with Crippen LogP contribution in [0.1, 0.15) is 25.3 Å². The van der Waals surface area contributed by atoms with Gasteiger partial charge in [-0.25, -0.2) is 0 Å². The second-order valence-electron chi connectivity index (χ2n) is 4.12. The Kier molecular flexibility index (Phi) is 3.13. The van der Waals surface area contributed by atoms with E-state index in [4.69, 9.17) is 4.74 Å². The van der Waals surface area contributed by atoms with Crippen molar-refractivity contribution in [2.75, 3.05) is 18.6 Å². The maximum absolute atomic E-state index is 11.5. The number of hydrogen-bond donors (Lipinski definition) is 0. The third kappa shape index (κ3) is 2.03. The standard InChI is InChI=1S/C13H17NO2/c1-3-4-7-16-11-5-6-12-10(8-11)9-13(15)14(12)2/h5-6,8H,3-4,7,9H2,1-2H3. The quantitative estimate of drug-likeness (QED) is 0.728. The first-order valence-corrected chi connectivity index (χ1v) is 5.74. The molecule has 0 aromatic heterocycles. The van der Waals surface area contributed by atoms with Crippen LogP contribution < -0.4 is 9.64 Å². The van der Waals surface area contributed by atoms with Crippen molar-refractivity contribution in [3.63, 3.8) is 0 Å². The molecule has 2 rings (SSSR count). The fourth-order valence-electron chi connectivity index (χ4n) is 1.87. The average Bonchev–Trinajstić information content (AvgIpc) is 2.55. The summed E-state index contributed by atoms with van der Waals surface area (Å²) in [5.74, 6) is 1.02. The highest BCUT2D eigenvalue weighted by molar-refractivity contribution is 6.01. The molecule has 16 heavy (non-hydrogen) atoms. The molecule has 1 aromatic carbocycles.